The van der Waals surface area contributed by atoms with E-state index < -0.39 is 0 Å². The molecule has 1 saturated heterocycles. The van der Waals surface area contributed by atoms with E-state index in [2.05, 4.69) is 46.3 Å². The van der Waals surface area contributed by atoms with Crippen molar-refractivity contribution >= 4 is 22.8 Å². The van der Waals surface area contributed by atoms with Crippen LogP contribution in [0, 0.1) is 0 Å². The average molecular weight is 475 g/mol. The molecule has 1 aromatic heterocycles. The van der Waals surface area contributed by atoms with E-state index in [1.54, 1.807) is 0 Å². The van der Waals surface area contributed by atoms with Crippen LogP contribution in [0.4, 0.5) is 0 Å². The molecule has 0 saturated carbocycles. The number of imidazole rings is 1. The molecule has 1 fully saturated rings. The smallest absolute Gasteiger partial charge is 0.147 e. The third-order valence-corrected chi connectivity index (χ3v) is 7.26. The Bertz CT molecular complexity index is 1230. The number of aryl methyl sites for hydroxylation is 1. The van der Waals surface area contributed by atoms with Crippen molar-refractivity contribution in [1.29, 1.82) is 0 Å². The largest absolute Gasteiger partial charge is 0.486 e. The highest BCUT2D eigenvalue weighted by molar-refractivity contribution is 8.00. The Morgan fingerprint density at radius 3 is 2.47 bits per heavy atom. The van der Waals surface area contributed by atoms with Crippen LogP contribution in [0.15, 0.2) is 66.7 Å². The summed E-state index contributed by atoms with van der Waals surface area (Å²) in [5, 5.41) is 4.06. The van der Waals surface area contributed by atoms with Crippen LogP contribution in [0.1, 0.15) is 17.0 Å². The predicted molar refractivity (Wildman–Crippen MR) is 139 cm³/mol. The third-order valence-electron chi connectivity index (χ3n) is 6.08. The molecule has 1 unspecified atom stereocenters. The lowest BCUT2D eigenvalue weighted by Gasteiger charge is -2.10. The standard InChI is InChI=1S/C27H30N4O2S/c1-31-26-15-23(33-22-8-2-19(3-9-22)12-13-28)10-11-25(26)30-27(31)17-32-21-6-4-20(5-7-21)14-24-16-29-18-34-24/h2-11,15,24,29H,12-14,16-18,28H2,1H3. The fourth-order valence-corrected chi connectivity index (χ4v) is 5.18. The van der Waals surface area contributed by atoms with Gasteiger partial charge in [-0.15, -0.1) is 11.8 Å². The summed E-state index contributed by atoms with van der Waals surface area (Å²) in [6.45, 7) is 2.14. The van der Waals surface area contributed by atoms with Crippen molar-refractivity contribution in [3.05, 3.63) is 83.7 Å². The number of hydrogen-bond acceptors (Lipinski definition) is 6. The summed E-state index contributed by atoms with van der Waals surface area (Å²) in [4.78, 5) is 4.75. The number of hydrogen-bond donors (Lipinski definition) is 2. The van der Waals surface area contributed by atoms with E-state index >= 15 is 0 Å². The summed E-state index contributed by atoms with van der Waals surface area (Å²) >= 11 is 1.99. The first-order valence-electron chi connectivity index (χ1n) is 11.6. The summed E-state index contributed by atoms with van der Waals surface area (Å²) in [5.74, 6) is 4.36. The highest BCUT2D eigenvalue weighted by atomic mass is 32.2. The van der Waals surface area contributed by atoms with E-state index in [-0.39, 0.29) is 0 Å². The van der Waals surface area contributed by atoms with E-state index in [0.29, 0.717) is 18.4 Å². The number of rotatable bonds is 9. The molecule has 0 radical (unpaired) electrons. The maximum Gasteiger partial charge on any atom is 0.147 e. The SMILES string of the molecule is Cn1c(COc2ccc(CC3CNCS3)cc2)nc2ccc(Oc3ccc(CCN)cc3)cc21. The molecule has 1 aliphatic heterocycles. The highest BCUT2D eigenvalue weighted by Gasteiger charge is 2.15. The summed E-state index contributed by atoms with van der Waals surface area (Å²) in [5.41, 5.74) is 10.1. The lowest BCUT2D eigenvalue weighted by Crippen LogP contribution is -2.14. The number of aromatic nitrogens is 2. The van der Waals surface area contributed by atoms with Gasteiger partial charge in [0, 0.05) is 30.8 Å². The summed E-state index contributed by atoms with van der Waals surface area (Å²) in [6.07, 6.45) is 1.96. The van der Waals surface area contributed by atoms with Gasteiger partial charge in [-0.1, -0.05) is 24.3 Å². The summed E-state index contributed by atoms with van der Waals surface area (Å²) < 4.78 is 14.2. The monoisotopic (exact) mass is 474 g/mol. The number of fused-ring (bicyclic) bond motifs is 1. The molecule has 0 amide bonds. The Balaban J connectivity index is 1.23. The maximum absolute atomic E-state index is 6.06. The minimum absolute atomic E-state index is 0.408. The number of thioether (sulfide) groups is 1. The maximum atomic E-state index is 6.06. The van der Waals surface area contributed by atoms with Gasteiger partial charge in [0.1, 0.15) is 29.7 Å². The van der Waals surface area contributed by atoms with Gasteiger partial charge < -0.3 is 25.1 Å². The zero-order chi connectivity index (χ0) is 23.3. The van der Waals surface area contributed by atoms with Crippen molar-refractivity contribution in [2.75, 3.05) is 19.0 Å². The van der Waals surface area contributed by atoms with Crippen LogP contribution >= 0.6 is 11.8 Å². The van der Waals surface area contributed by atoms with Crippen LogP contribution < -0.4 is 20.5 Å². The zero-order valence-electron chi connectivity index (χ0n) is 19.4. The summed E-state index contributed by atoms with van der Waals surface area (Å²) in [6, 6.07) is 22.4. The van der Waals surface area contributed by atoms with Gasteiger partial charge in [0.15, 0.2) is 0 Å². The second-order valence-corrected chi connectivity index (χ2v) is 9.83. The van der Waals surface area contributed by atoms with Gasteiger partial charge in [-0.25, -0.2) is 4.98 Å². The molecule has 1 aliphatic rings. The Morgan fingerprint density at radius 2 is 1.74 bits per heavy atom. The molecule has 2 heterocycles. The van der Waals surface area contributed by atoms with Crippen LogP contribution in [0.3, 0.4) is 0 Å². The summed E-state index contributed by atoms with van der Waals surface area (Å²) in [7, 11) is 2.01. The average Bonchev–Trinajstić information content (AvgIpc) is 3.48. The van der Waals surface area contributed by atoms with Crippen molar-refractivity contribution in [2.24, 2.45) is 12.8 Å². The predicted octanol–water partition coefficient (Wildman–Crippen LogP) is 4.65. The molecule has 6 nitrogen and oxygen atoms in total. The van der Waals surface area contributed by atoms with Crippen LogP contribution in [0.25, 0.3) is 11.0 Å². The Kier molecular flexibility index (Phi) is 7.04. The van der Waals surface area contributed by atoms with Crippen LogP contribution in [-0.2, 0) is 26.5 Å². The molecule has 5 rings (SSSR count). The molecule has 1 atom stereocenters. The molecular weight excluding hydrogens is 444 g/mol. The molecule has 0 bridgehead atoms. The van der Waals surface area contributed by atoms with Crippen molar-refractivity contribution in [3.63, 3.8) is 0 Å². The van der Waals surface area contributed by atoms with Crippen molar-refractivity contribution in [2.45, 2.75) is 24.7 Å². The van der Waals surface area contributed by atoms with Gasteiger partial charge in [-0.05, 0) is 66.9 Å². The lowest BCUT2D eigenvalue weighted by atomic mass is 10.1. The second kappa shape index (κ2) is 10.5. The van der Waals surface area contributed by atoms with Gasteiger partial charge in [0.05, 0.1) is 11.0 Å². The van der Waals surface area contributed by atoms with E-state index in [9.17, 15) is 0 Å². The molecule has 0 spiro atoms. The molecule has 4 aromatic rings. The topological polar surface area (TPSA) is 74.3 Å². The van der Waals surface area contributed by atoms with Gasteiger partial charge in [-0.3, -0.25) is 0 Å². The van der Waals surface area contributed by atoms with Crippen LogP contribution in [-0.4, -0.2) is 33.8 Å². The molecule has 7 heteroatoms. The quantitative estimate of drug-likeness (QED) is 0.368. The number of ether oxygens (including phenoxy) is 2. The Labute approximate surface area is 204 Å². The Morgan fingerprint density at radius 1 is 1.00 bits per heavy atom. The first-order valence-corrected chi connectivity index (χ1v) is 12.7. The molecule has 34 heavy (non-hydrogen) atoms. The van der Waals surface area contributed by atoms with Gasteiger partial charge >= 0.3 is 0 Å². The fourth-order valence-electron chi connectivity index (χ4n) is 4.16. The van der Waals surface area contributed by atoms with Crippen LogP contribution in [0.2, 0.25) is 0 Å². The number of benzene rings is 3. The second-order valence-electron chi connectivity index (χ2n) is 8.55. The molecule has 176 valence electrons. The molecule has 0 aliphatic carbocycles. The van der Waals surface area contributed by atoms with E-state index in [1.165, 1.54) is 11.1 Å². The van der Waals surface area contributed by atoms with Gasteiger partial charge in [-0.2, -0.15) is 0 Å². The number of nitrogens with two attached hydrogens (primary N) is 1. The van der Waals surface area contributed by atoms with Gasteiger partial charge in [0.2, 0.25) is 0 Å². The van der Waals surface area contributed by atoms with Crippen LogP contribution in [0.5, 0.6) is 17.2 Å². The van der Waals surface area contributed by atoms with Crippen molar-refractivity contribution in [3.8, 4) is 17.2 Å². The molecule has 3 aromatic carbocycles. The Hall–Kier alpha value is -3.00. The highest BCUT2D eigenvalue weighted by Crippen LogP contribution is 2.27. The molecule has 3 N–H and O–H groups in total. The fraction of sp³-hybridized carbons (Fsp3) is 0.296. The third kappa shape index (κ3) is 5.38. The number of nitrogens with zero attached hydrogens (tertiary/aromatic N) is 2. The lowest BCUT2D eigenvalue weighted by molar-refractivity contribution is 0.292. The minimum Gasteiger partial charge on any atom is -0.486 e. The van der Waals surface area contributed by atoms with E-state index in [4.69, 9.17) is 20.2 Å². The van der Waals surface area contributed by atoms with E-state index in [0.717, 1.165) is 59.4 Å². The van der Waals surface area contributed by atoms with E-state index in [1.807, 2.05) is 49.1 Å². The first kappa shape index (κ1) is 22.8. The molecular formula is C27H30N4O2S. The zero-order valence-corrected chi connectivity index (χ0v) is 20.2. The minimum atomic E-state index is 0.408. The normalized spacial score (nSPS) is 15.6. The van der Waals surface area contributed by atoms with Crippen molar-refractivity contribution in [1.82, 2.24) is 14.9 Å². The van der Waals surface area contributed by atoms with Gasteiger partial charge in [0.25, 0.3) is 0 Å². The number of nitrogens with one attached hydrogen (secondary N) is 1. The first-order chi connectivity index (χ1) is 16.7. The van der Waals surface area contributed by atoms with Crippen molar-refractivity contribution < 1.29 is 9.47 Å².